The number of hydrogen-bond donors (Lipinski definition) is 2. The highest BCUT2D eigenvalue weighted by Crippen LogP contribution is 2.48. The summed E-state index contributed by atoms with van der Waals surface area (Å²) in [4.78, 5) is 49.4. The summed E-state index contributed by atoms with van der Waals surface area (Å²) in [6.45, 7) is 9.13. The first-order valence-corrected chi connectivity index (χ1v) is 11.7. The lowest BCUT2D eigenvalue weighted by Crippen LogP contribution is -2.67. The molecule has 2 aliphatic rings. The average Bonchev–Trinajstić information content (AvgIpc) is 2.77. The number of fused-ring (bicyclic) bond motifs is 1. The molecular weight excluding hydrogens is 460 g/mol. The molecule has 4 atom stereocenters. The Hall–Kier alpha value is -3.27. The van der Waals surface area contributed by atoms with E-state index < -0.39 is 34.3 Å². The van der Waals surface area contributed by atoms with E-state index in [0.717, 1.165) is 10.5 Å². The molecule has 1 aromatic rings. The van der Waals surface area contributed by atoms with Crippen LogP contribution in [0.25, 0.3) is 0 Å². The molecule has 3 rings (SSSR count). The second-order valence-corrected chi connectivity index (χ2v) is 9.99. The highest BCUT2D eigenvalue weighted by Gasteiger charge is 2.58. The number of rotatable bonds is 11. The number of carbonyl (C=O) groups is 4. The van der Waals surface area contributed by atoms with Crippen LogP contribution in [0.4, 0.5) is 0 Å². The summed E-state index contributed by atoms with van der Waals surface area (Å²) in [6.07, 6.45) is 1.28. The van der Waals surface area contributed by atoms with Crippen molar-refractivity contribution in [1.82, 2.24) is 10.2 Å². The molecule has 182 valence electrons. The monoisotopic (exact) mass is 488 g/mol. The van der Waals surface area contributed by atoms with Crippen LogP contribution in [-0.2, 0) is 35.1 Å². The lowest BCUT2D eigenvalue weighted by molar-refractivity contribution is -0.169. The van der Waals surface area contributed by atoms with Crippen molar-refractivity contribution in [1.29, 1.82) is 0 Å². The number of amides is 2. The first-order valence-electron chi connectivity index (χ1n) is 10.8. The number of carbonyl (C=O) groups excluding carboxylic acids is 3. The minimum absolute atomic E-state index is 0.00898. The Morgan fingerprint density at radius 2 is 2.00 bits per heavy atom. The molecule has 2 amide bonds. The first-order chi connectivity index (χ1) is 16.1. The van der Waals surface area contributed by atoms with Crippen LogP contribution < -0.4 is 5.32 Å². The molecule has 0 aliphatic carbocycles. The Labute approximate surface area is 202 Å². The topological polar surface area (TPSA) is 122 Å². The number of ether oxygens (including phenoxy) is 2. The van der Waals surface area contributed by atoms with Gasteiger partial charge in [0, 0.05) is 0 Å². The molecule has 2 N–H and O–H groups in total. The van der Waals surface area contributed by atoms with Gasteiger partial charge in [-0.15, -0.1) is 18.3 Å². The van der Waals surface area contributed by atoms with E-state index in [0.29, 0.717) is 6.42 Å². The molecule has 1 aromatic carbocycles. The van der Waals surface area contributed by atoms with Crippen molar-refractivity contribution in [2.45, 2.75) is 56.1 Å². The van der Waals surface area contributed by atoms with Crippen LogP contribution in [0.5, 0.6) is 0 Å². The van der Waals surface area contributed by atoms with Crippen LogP contribution in [0.2, 0.25) is 0 Å². The standard InChI is InChI=1S/C24H28N2O7S/c1-5-14(2)11-16-19(18(23(30)31)26-21(29)20(32-13-27)22(26)34-16)33-24(3,4)25-17(28)12-15-9-7-6-8-10-15/h5-10,13-14,16,20,22H,1,11-12H2,2-4H3,(H,25,28)(H,30,31)/t14?,16?,20-,22-/m0/s1. The third-order valence-corrected chi connectivity index (χ3v) is 6.94. The normalized spacial score (nSPS) is 22.7. The summed E-state index contributed by atoms with van der Waals surface area (Å²) < 4.78 is 11.0. The average molecular weight is 489 g/mol. The second-order valence-electron chi connectivity index (χ2n) is 8.67. The summed E-state index contributed by atoms with van der Waals surface area (Å²) >= 11 is 1.28. The maximum atomic E-state index is 12.6. The van der Waals surface area contributed by atoms with Crippen molar-refractivity contribution < 1.29 is 33.8 Å². The Kier molecular flexibility index (Phi) is 7.71. The molecule has 9 nitrogen and oxygen atoms in total. The smallest absolute Gasteiger partial charge is 0.356 e. The largest absolute Gasteiger partial charge is 0.476 e. The zero-order valence-electron chi connectivity index (χ0n) is 19.2. The number of carboxylic acid groups (broad SMARTS) is 1. The van der Waals surface area contributed by atoms with E-state index in [1.54, 1.807) is 19.9 Å². The molecule has 34 heavy (non-hydrogen) atoms. The van der Waals surface area contributed by atoms with Gasteiger partial charge in [-0.25, -0.2) is 4.79 Å². The molecular formula is C24H28N2O7S. The Balaban J connectivity index is 1.89. The maximum absolute atomic E-state index is 12.6. The van der Waals surface area contributed by atoms with Crippen molar-refractivity contribution >= 4 is 36.0 Å². The molecule has 0 radical (unpaired) electrons. The van der Waals surface area contributed by atoms with Gasteiger partial charge >= 0.3 is 5.97 Å². The van der Waals surface area contributed by atoms with Gasteiger partial charge < -0.3 is 19.9 Å². The van der Waals surface area contributed by atoms with Crippen LogP contribution >= 0.6 is 11.8 Å². The van der Waals surface area contributed by atoms with Crippen molar-refractivity contribution in [2.24, 2.45) is 5.92 Å². The van der Waals surface area contributed by atoms with Crippen molar-refractivity contribution in [3.05, 3.63) is 60.0 Å². The Morgan fingerprint density at radius 1 is 1.32 bits per heavy atom. The van der Waals surface area contributed by atoms with Crippen LogP contribution in [0.1, 0.15) is 32.8 Å². The number of nitrogens with zero attached hydrogens (tertiary/aromatic N) is 1. The second kappa shape index (κ2) is 10.3. The molecule has 0 bridgehead atoms. The summed E-state index contributed by atoms with van der Waals surface area (Å²) in [5.41, 5.74) is -0.758. The fourth-order valence-electron chi connectivity index (χ4n) is 3.87. The summed E-state index contributed by atoms with van der Waals surface area (Å²) in [7, 11) is 0. The molecule has 0 aromatic heterocycles. The van der Waals surface area contributed by atoms with Crippen LogP contribution in [-0.4, -0.2) is 56.7 Å². The summed E-state index contributed by atoms with van der Waals surface area (Å²) in [6, 6.07) is 9.18. The van der Waals surface area contributed by atoms with Gasteiger partial charge in [0.05, 0.1) is 11.7 Å². The fraction of sp³-hybridized carbons (Fsp3) is 0.417. The summed E-state index contributed by atoms with van der Waals surface area (Å²) in [5.74, 6) is -2.20. The van der Waals surface area contributed by atoms with E-state index in [1.807, 2.05) is 37.3 Å². The van der Waals surface area contributed by atoms with Gasteiger partial charge in [0.25, 0.3) is 12.4 Å². The van der Waals surface area contributed by atoms with E-state index in [-0.39, 0.29) is 36.2 Å². The minimum Gasteiger partial charge on any atom is -0.476 e. The first kappa shape index (κ1) is 25.4. The van der Waals surface area contributed by atoms with E-state index in [2.05, 4.69) is 11.9 Å². The number of nitrogens with one attached hydrogen (secondary N) is 1. The van der Waals surface area contributed by atoms with Crippen LogP contribution in [0.3, 0.4) is 0 Å². The molecule has 2 aliphatic heterocycles. The number of carboxylic acids is 1. The van der Waals surface area contributed by atoms with Crippen molar-refractivity contribution in [3.8, 4) is 0 Å². The Bertz CT molecular complexity index is 1010. The number of thioether (sulfide) groups is 1. The van der Waals surface area contributed by atoms with Gasteiger partial charge in [0.15, 0.2) is 11.4 Å². The molecule has 10 heteroatoms. The lowest BCUT2D eigenvalue weighted by Gasteiger charge is -2.50. The predicted octanol–water partition coefficient (Wildman–Crippen LogP) is 2.43. The SMILES string of the molecule is C=CC(C)CC1S[C@H]2[C@@H](OC=O)C(=O)N2C(C(=O)O)=C1OC(C)(C)NC(=O)Cc1ccccc1. The molecule has 1 fully saturated rings. The van der Waals surface area contributed by atoms with Crippen molar-refractivity contribution in [3.63, 3.8) is 0 Å². The number of β-lactam (4-membered cyclic amide) rings is 1. The van der Waals surface area contributed by atoms with E-state index >= 15 is 0 Å². The highest BCUT2D eigenvalue weighted by atomic mass is 32.2. The molecule has 0 spiro atoms. The fourth-order valence-corrected chi connectivity index (χ4v) is 5.56. The Morgan fingerprint density at radius 3 is 2.59 bits per heavy atom. The highest BCUT2D eigenvalue weighted by molar-refractivity contribution is 8.00. The van der Waals surface area contributed by atoms with Crippen LogP contribution in [0, 0.1) is 5.92 Å². The number of allylic oxidation sites excluding steroid dienone is 1. The molecule has 2 heterocycles. The molecule has 0 saturated carbocycles. The van der Waals surface area contributed by atoms with E-state index in [1.165, 1.54) is 11.8 Å². The zero-order chi connectivity index (χ0) is 25.0. The van der Waals surface area contributed by atoms with Gasteiger partial charge in [-0.05, 0) is 31.7 Å². The van der Waals surface area contributed by atoms with E-state index in [4.69, 9.17) is 9.47 Å². The van der Waals surface area contributed by atoms with Gasteiger partial charge in [0.2, 0.25) is 12.0 Å². The van der Waals surface area contributed by atoms with Gasteiger partial charge in [-0.2, -0.15) is 0 Å². The number of hydrogen-bond acceptors (Lipinski definition) is 7. The molecule has 2 unspecified atom stereocenters. The number of aliphatic carboxylic acids is 1. The van der Waals surface area contributed by atoms with Gasteiger partial charge in [-0.1, -0.05) is 43.3 Å². The van der Waals surface area contributed by atoms with Crippen LogP contribution in [0.15, 0.2) is 54.4 Å². The van der Waals surface area contributed by atoms with Crippen molar-refractivity contribution in [2.75, 3.05) is 0 Å². The maximum Gasteiger partial charge on any atom is 0.356 e. The summed E-state index contributed by atoms with van der Waals surface area (Å²) in [5, 5.41) is 11.6. The third-order valence-electron chi connectivity index (χ3n) is 5.47. The number of benzene rings is 1. The lowest BCUT2D eigenvalue weighted by atomic mass is 10.0. The predicted molar refractivity (Wildman–Crippen MR) is 125 cm³/mol. The third kappa shape index (κ3) is 5.44. The van der Waals surface area contributed by atoms with E-state index in [9.17, 15) is 24.3 Å². The molecule has 1 saturated heterocycles. The van der Waals surface area contributed by atoms with Gasteiger partial charge in [-0.3, -0.25) is 19.3 Å². The zero-order valence-corrected chi connectivity index (χ0v) is 20.0. The minimum atomic E-state index is -1.35. The quantitative estimate of drug-likeness (QED) is 0.211. The van der Waals surface area contributed by atoms with Gasteiger partial charge in [0.1, 0.15) is 11.1 Å².